The second-order valence-electron chi connectivity index (χ2n) is 3.77. The predicted molar refractivity (Wildman–Crippen MR) is 64.3 cm³/mol. The van der Waals surface area contributed by atoms with Crippen LogP contribution in [0.5, 0.6) is 0 Å². The zero-order chi connectivity index (χ0) is 12.4. The highest BCUT2D eigenvalue weighted by Crippen LogP contribution is 2.25. The first-order valence-electron chi connectivity index (χ1n) is 5.13. The number of thiazole rings is 1. The van der Waals surface area contributed by atoms with Crippen molar-refractivity contribution >= 4 is 11.3 Å². The number of hydrogen-bond donors (Lipinski definition) is 1. The lowest BCUT2D eigenvalue weighted by molar-refractivity contribution is 0.151. The molecule has 0 fully saturated rings. The lowest BCUT2D eigenvalue weighted by Gasteiger charge is -2.09. The van der Waals surface area contributed by atoms with Crippen molar-refractivity contribution in [2.45, 2.75) is 19.4 Å². The van der Waals surface area contributed by atoms with E-state index in [-0.39, 0.29) is 11.6 Å². The van der Waals surface area contributed by atoms with Gasteiger partial charge in [0.2, 0.25) is 0 Å². The molecular weight excluding hydrogens is 242 g/mol. The van der Waals surface area contributed by atoms with Crippen LogP contribution >= 0.6 is 11.3 Å². The molecule has 0 aliphatic carbocycles. The summed E-state index contributed by atoms with van der Waals surface area (Å²) in [6.45, 7) is 1.90. The highest BCUT2D eigenvalue weighted by molar-refractivity contribution is 7.09. The number of benzene rings is 1. The zero-order valence-electron chi connectivity index (χ0n) is 9.23. The van der Waals surface area contributed by atoms with Crippen molar-refractivity contribution in [1.82, 2.24) is 4.98 Å². The molecule has 1 heterocycles. The van der Waals surface area contributed by atoms with Crippen LogP contribution in [0.2, 0.25) is 0 Å². The van der Waals surface area contributed by atoms with Gasteiger partial charge in [-0.2, -0.15) is 0 Å². The van der Waals surface area contributed by atoms with Gasteiger partial charge in [-0.1, -0.05) is 24.3 Å². The van der Waals surface area contributed by atoms with Crippen molar-refractivity contribution in [2.24, 2.45) is 5.73 Å². The lowest BCUT2D eigenvalue weighted by Crippen LogP contribution is -2.11. The molecule has 2 rings (SSSR count). The average Bonchev–Trinajstić information content (AvgIpc) is 2.75. The molecule has 2 N–H and O–H groups in total. The van der Waals surface area contributed by atoms with Crippen molar-refractivity contribution in [3.63, 3.8) is 0 Å². The van der Waals surface area contributed by atoms with E-state index in [1.165, 1.54) is 23.5 Å². The van der Waals surface area contributed by atoms with Crippen LogP contribution in [0.4, 0.5) is 8.78 Å². The van der Waals surface area contributed by atoms with E-state index in [4.69, 9.17) is 5.73 Å². The molecule has 0 aliphatic rings. The first kappa shape index (κ1) is 12.1. The van der Waals surface area contributed by atoms with Crippen molar-refractivity contribution in [1.29, 1.82) is 0 Å². The molecule has 2 nitrogen and oxygen atoms in total. The first-order valence-corrected chi connectivity index (χ1v) is 6.01. The molecule has 0 bridgehead atoms. The number of aryl methyl sites for hydroxylation is 1. The maximum Gasteiger partial charge on any atom is 0.263 e. The minimum Gasteiger partial charge on any atom is -0.318 e. The van der Waals surface area contributed by atoms with Gasteiger partial charge in [0, 0.05) is 16.6 Å². The van der Waals surface area contributed by atoms with E-state index in [2.05, 4.69) is 4.98 Å². The molecule has 0 radical (unpaired) electrons. The predicted octanol–water partition coefficient (Wildman–Crippen LogP) is 3.44. The molecule has 0 saturated carbocycles. The van der Waals surface area contributed by atoms with Crippen LogP contribution in [0.25, 0.3) is 0 Å². The van der Waals surface area contributed by atoms with Gasteiger partial charge in [-0.25, -0.2) is 13.8 Å². The summed E-state index contributed by atoms with van der Waals surface area (Å²) in [6.07, 6.45) is -2.44. The number of nitrogens with zero attached hydrogens (tertiary/aromatic N) is 1. The minimum atomic E-state index is -2.44. The molecule has 17 heavy (non-hydrogen) atoms. The van der Waals surface area contributed by atoms with Gasteiger partial charge in [-0.15, -0.1) is 11.3 Å². The van der Waals surface area contributed by atoms with Crippen molar-refractivity contribution in [2.75, 3.05) is 0 Å². The van der Waals surface area contributed by atoms with Gasteiger partial charge in [0.05, 0.1) is 6.04 Å². The van der Waals surface area contributed by atoms with E-state index in [1.54, 1.807) is 12.1 Å². The van der Waals surface area contributed by atoms with Gasteiger partial charge in [-0.3, -0.25) is 0 Å². The van der Waals surface area contributed by atoms with Crippen LogP contribution in [-0.4, -0.2) is 4.98 Å². The Morgan fingerprint density at radius 1 is 1.18 bits per heavy atom. The maximum absolute atomic E-state index is 12.4. The van der Waals surface area contributed by atoms with E-state index in [9.17, 15) is 8.78 Å². The molecule has 0 saturated heterocycles. The summed E-state index contributed by atoms with van der Waals surface area (Å²) in [5.74, 6) is 0. The monoisotopic (exact) mass is 254 g/mol. The molecule has 1 aromatic heterocycles. The molecule has 1 aromatic carbocycles. The van der Waals surface area contributed by atoms with Crippen LogP contribution in [-0.2, 0) is 0 Å². The Morgan fingerprint density at radius 3 is 2.24 bits per heavy atom. The first-order chi connectivity index (χ1) is 8.08. The van der Waals surface area contributed by atoms with E-state index in [0.717, 1.165) is 16.3 Å². The Morgan fingerprint density at radius 2 is 1.76 bits per heavy atom. The molecule has 0 aliphatic heterocycles. The summed E-state index contributed by atoms with van der Waals surface area (Å²) in [4.78, 5) is 4.29. The van der Waals surface area contributed by atoms with Gasteiger partial charge >= 0.3 is 0 Å². The summed E-state index contributed by atoms with van der Waals surface area (Å²) >= 11 is 1.48. The Hall–Kier alpha value is -1.33. The number of halogens is 2. The van der Waals surface area contributed by atoms with E-state index < -0.39 is 6.43 Å². The van der Waals surface area contributed by atoms with E-state index in [1.807, 2.05) is 12.3 Å². The summed E-state index contributed by atoms with van der Waals surface area (Å²) in [6, 6.07) is 5.72. The third-order valence-electron chi connectivity index (χ3n) is 2.45. The fraction of sp³-hybridized carbons (Fsp3) is 0.250. The number of nitrogens with two attached hydrogens (primary N) is 1. The molecule has 5 heteroatoms. The van der Waals surface area contributed by atoms with Gasteiger partial charge in [0.15, 0.2) is 0 Å². The third-order valence-corrected chi connectivity index (χ3v) is 3.50. The standard InChI is InChI=1S/C12H12F2N2S/c1-7-6-17-12(16-7)10(15)8-2-4-9(5-3-8)11(13)14/h2-6,10-11H,15H2,1H3. The van der Waals surface area contributed by atoms with Crippen molar-refractivity contribution in [3.05, 3.63) is 51.5 Å². The number of alkyl halides is 2. The SMILES string of the molecule is Cc1csc(C(N)c2ccc(C(F)F)cc2)n1. The number of hydrogen-bond acceptors (Lipinski definition) is 3. The topological polar surface area (TPSA) is 38.9 Å². The maximum atomic E-state index is 12.4. The Bertz CT molecular complexity index is 493. The smallest absolute Gasteiger partial charge is 0.263 e. The molecular formula is C12H12F2N2S. The van der Waals surface area contributed by atoms with Crippen LogP contribution < -0.4 is 5.73 Å². The largest absolute Gasteiger partial charge is 0.318 e. The Balaban J connectivity index is 2.22. The Labute approximate surface area is 102 Å². The summed E-state index contributed by atoms with van der Waals surface area (Å²) in [7, 11) is 0. The average molecular weight is 254 g/mol. The highest BCUT2D eigenvalue weighted by Gasteiger charge is 2.13. The van der Waals surface area contributed by atoms with Gasteiger partial charge < -0.3 is 5.73 Å². The third kappa shape index (κ3) is 2.68. The lowest BCUT2D eigenvalue weighted by atomic mass is 10.1. The van der Waals surface area contributed by atoms with Crippen LogP contribution in [0.1, 0.15) is 34.3 Å². The number of rotatable bonds is 3. The van der Waals surface area contributed by atoms with Crippen molar-refractivity contribution < 1.29 is 8.78 Å². The van der Waals surface area contributed by atoms with Crippen molar-refractivity contribution in [3.8, 4) is 0 Å². The van der Waals surface area contributed by atoms with Crippen LogP contribution in [0.3, 0.4) is 0 Å². The van der Waals surface area contributed by atoms with Gasteiger partial charge in [0.1, 0.15) is 5.01 Å². The molecule has 1 atom stereocenters. The second kappa shape index (κ2) is 4.89. The molecule has 2 aromatic rings. The molecule has 0 spiro atoms. The van der Waals surface area contributed by atoms with Crippen LogP contribution in [0, 0.1) is 6.92 Å². The molecule has 0 amide bonds. The minimum absolute atomic E-state index is 0.0104. The van der Waals surface area contributed by atoms with Gasteiger partial charge in [0.25, 0.3) is 6.43 Å². The fourth-order valence-electron chi connectivity index (χ4n) is 1.51. The molecule has 1 unspecified atom stereocenters. The van der Waals surface area contributed by atoms with Crippen LogP contribution in [0.15, 0.2) is 29.6 Å². The summed E-state index contributed by atoms with van der Waals surface area (Å²) < 4.78 is 24.8. The quantitative estimate of drug-likeness (QED) is 0.911. The Kier molecular flexibility index (Phi) is 3.49. The van der Waals surface area contributed by atoms with E-state index in [0.29, 0.717) is 0 Å². The van der Waals surface area contributed by atoms with Gasteiger partial charge in [-0.05, 0) is 12.5 Å². The fourth-order valence-corrected chi connectivity index (χ4v) is 2.33. The summed E-state index contributed by atoms with van der Waals surface area (Å²) in [5.41, 5.74) is 7.74. The number of aromatic nitrogens is 1. The molecule has 90 valence electrons. The van der Waals surface area contributed by atoms with E-state index >= 15 is 0 Å². The summed E-state index contributed by atoms with van der Waals surface area (Å²) in [5, 5.41) is 2.72. The zero-order valence-corrected chi connectivity index (χ0v) is 10.0. The normalized spacial score (nSPS) is 13.0. The highest BCUT2D eigenvalue weighted by atomic mass is 32.1. The second-order valence-corrected chi connectivity index (χ2v) is 4.66.